The molecule has 168 valence electrons. The third-order valence-electron chi connectivity index (χ3n) is 5.46. The highest BCUT2D eigenvalue weighted by molar-refractivity contribution is 7.89. The summed E-state index contributed by atoms with van der Waals surface area (Å²) in [6, 6.07) is 12.2. The Morgan fingerprint density at radius 1 is 1.03 bits per heavy atom. The zero-order chi connectivity index (χ0) is 22.4. The van der Waals surface area contributed by atoms with Gasteiger partial charge in [-0.2, -0.15) is 0 Å². The van der Waals surface area contributed by atoms with E-state index < -0.39 is 10.0 Å². The standard InChI is InChI=1S/C23H30N2O5S/c1-4-29-21-7-5-6-8-22(21)30-16-23(26)25-13-11-19(12-14-25)24-31(27,28)20-10-9-17(2)18(3)15-20/h5-10,15,19,24H,4,11-14,16H2,1-3H3. The summed E-state index contributed by atoms with van der Waals surface area (Å²) in [7, 11) is -3.59. The van der Waals surface area contributed by atoms with Crippen LogP contribution in [0.2, 0.25) is 0 Å². The second-order valence-electron chi connectivity index (χ2n) is 7.69. The number of sulfonamides is 1. The molecule has 3 rings (SSSR count). The molecule has 0 aromatic heterocycles. The Bertz CT molecular complexity index is 1010. The summed E-state index contributed by atoms with van der Waals surface area (Å²) >= 11 is 0. The molecule has 7 nitrogen and oxygen atoms in total. The maximum Gasteiger partial charge on any atom is 0.260 e. The minimum absolute atomic E-state index is 0.0802. The Kier molecular flexibility index (Phi) is 7.56. The summed E-state index contributed by atoms with van der Waals surface area (Å²) in [4.78, 5) is 14.5. The van der Waals surface area contributed by atoms with E-state index in [-0.39, 0.29) is 23.5 Å². The Balaban J connectivity index is 1.51. The molecule has 8 heteroatoms. The number of rotatable bonds is 8. The monoisotopic (exact) mass is 446 g/mol. The molecule has 0 radical (unpaired) electrons. The normalized spacial score (nSPS) is 15.0. The van der Waals surface area contributed by atoms with Crippen molar-refractivity contribution in [1.82, 2.24) is 9.62 Å². The molecule has 0 atom stereocenters. The highest BCUT2D eigenvalue weighted by Crippen LogP contribution is 2.26. The van der Waals surface area contributed by atoms with Gasteiger partial charge in [-0.25, -0.2) is 13.1 Å². The van der Waals surface area contributed by atoms with Crippen LogP contribution in [0.15, 0.2) is 47.4 Å². The minimum Gasteiger partial charge on any atom is -0.490 e. The van der Waals surface area contributed by atoms with Crippen LogP contribution in [0.3, 0.4) is 0 Å². The molecule has 1 aliphatic heterocycles. The molecular formula is C23H30N2O5S. The Morgan fingerprint density at radius 3 is 2.29 bits per heavy atom. The summed E-state index contributed by atoms with van der Waals surface area (Å²) < 4.78 is 39.4. The number of nitrogens with zero attached hydrogens (tertiary/aromatic N) is 1. The fraction of sp³-hybridized carbons (Fsp3) is 0.435. The van der Waals surface area contributed by atoms with Crippen molar-refractivity contribution in [2.75, 3.05) is 26.3 Å². The highest BCUT2D eigenvalue weighted by atomic mass is 32.2. The average Bonchev–Trinajstić information content (AvgIpc) is 2.75. The van der Waals surface area contributed by atoms with Crippen molar-refractivity contribution in [3.8, 4) is 11.5 Å². The molecule has 0 saturated carbocycles. The first kappa shape index (κ1) is 23.1. The third kappa shape index (κ3) is 5.98. The van der Waals surface area contributed by atoms with E-state index in [1.54, 1.807) is 29.2 Å². The maximum absolute atomic E-state index is 12.7. The molecule has 1 heterocycles. The molecule has 0 aliphatic carbocycles. The van der Waals surface area contributed by atoms with Gasteiger partial charge in [0, 0.05) is 19.1 Å². The third-order valence-corrected chi connectivity index (χ3v) is 6.98. The van der Waals surface area contributed by atoms with E-state index in [4.69, 9.17) is 9.47 Å². The molecule has 1 amide bonds. The van der Waals surface area contributed by atoms with Crippen LogP contribution in [0.1, 0.15) is 30.9 Å². The highest BCUT2D eigenvalue weighted by Gasteiger charge is 2.27. The second-order valence-corrected chi connectivity index (χ2v) is 9.40. The van der Waals surface area contributed by atoms with Gasteiger partial charge in [-0.05, 0) is 69.0 Å². The molecule has 1 N–H and O–H groups in total. The zero-order valence-electron chi connectivity index (χ0n) is 18.3. The quantitative estimate of drug-likeness (QED) is 0.674. The summed E-state index contributed by atoms with van der Waals surface area (Å²) in [6.45, 7) is 7.13. The van der Waals surface area contributed by atoms with Gasteiger partial charge in [-0.3, -0.25) is 4.79 Å². The number of aryl methyl sites for hydroxylation is 2. The summed E-state index contributed by atoms with van der Waals surface area (Å²) in [5, 5.41) is 0. The maximum atomic E-state index is 12.7. The summed E-state index contributed by atoms with van der Waals surface area (Å²) in [5.74, 6) is 1.02. The van der Waals surface area contributed by atoms with Gasteiger partial charge in [0.1, 0.15) is 0 Å². The number of likely N-dealkylation sites (tertiary alicyclic amines) is 1. The van der Waals surface area contributed by atoms with Gasteiger partial charge >= 0.3 is 0 Å². The smallest absolute Gasteiger partial charge is 0.260 e. The van der Waals surface area contributed by atoms with E-state index in [2.05, 4.69) is 4.72 Å². The first-order valence-electron chi connectivity index (χ1n) is 10.5. The molecule has 1 aliphatic rings. The van der Waals surface area contributed by atoms with Gasteiger partial charge in [-0.1, -0.05) is 18.2 Å². The van der Waals surface area contributed by atoms with Gasteiger partial charge < -0.3 is 14.4 Å². The van der Waals surface area contributed by atoms with E-state index in [1.807, 2.05) is 39.0 Å². The summed E-state index contributed by atoms with van der Waals surface area (Å²) in [6.07, 6.45) is 1.12. The lowest BCUT2D eigenvalue weighted by Crippen LogP contribution is -2.47. The molecule has 2 aromatic rings. The van der Waals surface area contributed by atoms with Crippen LogP contribution in [-0.2, 0) is 14.8 Å². The van der Waals surface area contributed by atoms with Crippen LogP contribution in [0.25, 0.3) is 0 Å². The number of benzene rings is 2. The predicted molar refractivity (Wildman–Crippen MR) is 119 cm³/mol. The SMILES string of the molecule is CCOc1ccccc1OCC(=O)N1CCC(NS(=O)(=O)c2ccc(C)c(C)c2)CC1. The van der Waals surface area contributed by atoms with E-state index in [0.717, 1.165) is 11.1 Å². The van der Waals surface area contributed by atoms with Crippen molar-refractivity contribution in [3.63, 3.8) is 0 Å². The second kappa shape index (κ2) is 10.2. The number of piperidine rings is 1. The number of nitrogens with one attached hydrogen (secondary N) is 1. The first-order chi connectivity index (χ1) is 14.8. The lowest BCUT2D eigenvalue weighted by molar-refractivity contribution is -0.134. The number of amides is 1. The van der Waals surface area contributed by atoms with Gasteiger partial charge in [0.15, 0.2) is 18.1 Å². The minimum atomic E-state index is -3.59. The predicted octanol–water partition coefficient (Wildman–Crippen LogP) is 3.05. The number of hydrogen-bond acceptors (Lipinski definition) is 5. The number of carbonyl (C=O) groups excluding carboxylic acids is 1. The van der Waals surface area contributed by atoms with Crippen molar-refractivity contribution in [2.45, 2.75) is 44.6 Å². The average molecular weight is 447 g/mol. The number of carbonyl (C=O) groups is 1. The lowest BCUT2D eigenvalue weighted by Gasteiger charge is -2.32. The molecular weight excluding hydrogens is 416 g/mol. The van der Waals surface area contributed by atoms with Crippen molar-refractivity contribution in [3.05, 3.63) is 53.6 Å². The van der Waals surface area contributed by atoms with Crippen molar-refractivity contribution < 1.29 is 22.7 Å². The topological polar surface area (TPSA) is 84.9 Å². The van der Waals surface area contributed by atoms with Crippen LogP contribution < -0.4 is 14.2 Å². The van der Waals surface area contributed by atoms with E-state index in [0.29, 0.717) is 44.0 Å². The van der Waals surface area contributed by atoms with E-state index >= 15 is 0 Å². The van der Waals surface area contributed by atoms with Gasteiger partial charge in [0.25, 0.3) is 5.91 Å². The fourth-order valence-corrected chi connectivity index (χ4v) is 4.88. The number of ether oxygens (including phenoxy) is 2. The molecule has 2 aromatic carbocycles. The van der Waals surface area contributed by atoms with Gasteiger partial charge in [0.2, 0.25) is 10.0 Å². The molecule has 31 heavy (non-hydrogen) atoms. The van der Waals surface area contributed by atoms with Crippen molar-refractivity contribution in [1.29, 1.82) is 0 Å². The first-order valence-corrected chi connectivity index (χ1v) is 12.0. The Hall–Kier alpha value is -2.58. The molecule has 0 spiro atoms. The molecule has 1 fully saturated rings. The van der Waals surface area contributed by atoms with Gasteiger partial charge in [-0.15, -0.1) is 0 Å². The van der Waals surface area contributed by atoms with E-state index in [1.165, 1.54) is 0 Å². The lowest BCUT2D eigenvalue weighted by atomic mass is 10.1. The summed E-state index contributed by atoms with van der Waals surface area (Å²) in [5.41, 5.74) is 1.99. The van der Waals surface area contributed by atoms with Gasteiger partial charge in [0.05, 0.1) is 11.5 Å². The van der Waals surface area contributed by atoms with Crippen molar-refractivity contribution >= 4 is 15.9 Å². The molecule has 0 unspecified atom stereocenters. The van der Waals surface area contributed by atoms with Crippen LogP contribution >= 0.6 is 0 Å². The van der Waals surface area contributed by atoms with Crippen molar-refractivity contribution in [2.24, 2.45) is 0 Å². The fourth-order valence-electron chi connectivity index (χ4n) is 3.49. The van der Waals surface area contributed by atoms with Crippen LogP contribution in [0.4, 0.5) is 0 Å². The van der Waals surface area contributed by atoms with Crippen LogP contribution in [-0.4, -0.2) is 51.6 Å². The van der Waals surface area contributed by atoms with Crippen LogP contribution in [0.5, 0.6) is 11.5 Å². The number of hydrogen-bond donors (Lipinski definition) is 1. The molecule has 0 bridgehead atoms. The largest absolute Gasteiger partial charge is 0.490 e. The van der Waals surface area contributed by atoms with E-state index in [9.17, 15) is 13.2 Å². The Morgan fingerprint density at radius 2 is 1.68 bits per heavy atom. The Labute approximate surface area is 184 Å². The molecule has 1 saturated heterocycles. The number of para-hydroxylation sites is 2. The zero-order valence-corrected chi connectivity index (χ0v) is 19.1. The van der Waals surface area contributed by atoms with Crippen LogP contribution in [0, 0.1) is 13.8 Å².